The van der Waals surface area contributed by atoms with Crippen LogP contribution in [-0.4, -0.2) is 35.8 Å². The van der Waals surface area contributed by atoms with E-state index in [1.54, 1.807) is 24.3 Å². The Morgan fingerprint density at radius 2 is 1.93 bits per heavy atom. The maximum Gasteiger partial charge on any atom is 0.736 e. The lowest BCUT2D eigenvalue weighted by molar-refractivity contribution is -0.364. The Morgan fingerprint density at radius 3 is 2.79 bits per heavy atom. The second kappa shape index (κ2) is 5.56. The molecule has 142 valence electrons. The molecule has 0 N–H and O–H groups in total. The van der Waals surface area contributed by atoms with E-state index in [0.29, 0.717) is 22.4 Å². The first-order valence-electron chi connectivity index (χ1n) is 9.73. The van der Waals surface area contributed by atoms with Crippen molar-refractivity contribution in [1.82, 2.24) is 4.98 Å². The van der Waals surface area contributed by atoms with Gasteiger partial charge in [-0.25, -0.2) is 0 Å². The second-order valence-electron chi connectivity index (χ2n) is 7.65. The molecule has 0 unspecified atom stereocenters. The van der Waals surface area contributed by atoms with Crippen molar-refractivity contribution in [3.8, 4) is 5.75 Å². The SMILES string of the molecule is F[B-]1(F)Oc2c(cc3c4c2CCCN4CCC3)C=[N+]1c1nc2ccccc2o1. The number of halogens is 2. The van der Waals surface area contributed by atoms with Crippen molar-refractivity contribution in [2.45, 2.75) is 25.7 Å². The molecule has 4 heterocycles. The first-order valence-corrected chi connectivity index (χ1v) is 9.73. The van der Waals surface area contributed by atoms with E-state index in [0.717, 1.165) is 54.5 Å². The van der Waals surface area contributed by atoms with E-state index in [-0.39, 0.29) is 6.01 Å². The molecule has 0 saturated heterocycles. The number of anilines is 1. The minimum absolute atomic E-state index is 0.148. The molecule has 0 spiro atoms. The minimum atomic E-state index is -4.33. The number of benzene rings is 2. The van der Waals surface area contributed by atoms with Crippen molar-refractivity contribution < 1.29 is 22.2 Å². The van der Waals surface area contributed by atoms with E-state index < -0.39 is 7.04 Å². The Bertz CT molecular complexity index is 1120. The maximum atomic E-state index is 15.0. The lowest BCUT2D eigenvalue weighted by Crippen LogP contribution is -2.47. The van der Waals surface area contributed by atoms with Gasteiger partial charge in [0.05, 0.1) is 12.0 Å². The van der Waals surface area contributed by atoms with Crippen LogP contribution in [0, 0.1) is 0 Å². The third kappa shape index (κ3) is 2.23. The summed E-state index contributed by atoms with van der Waals surface area (Å²) >= 11 is 0. The number of hydrogen-bond acceptors (Lipinski definition) is 4. The number of fused-ring (bicyclic) bond motifs is 3. The van der Waals surface area contributed by atoms with E-state index in [1.807, 2.05) is 6.07 Å². The van der Waals surface area contributed by atoms with Crippen LogP contribution in [0.3, 0.4) is 0 Å². The Balaban J connectivity index is 1.56. The minimum Gasteiger partial charge on any atom is -0.622 e. The Hall–Kier alpha value is -2.90. The average molecular weight is 381 g/mol. The third-order valence-corrected chi connectivity index (χ3v) is 5.87. The fourth-order valence-electron chi connectivity index (χ4n) is 4.68. The molecule has 3 aliphatic heterocycles. The van der Waals surface area contributed by atoms with Crippen LogP contribution in [0.25, 0.3) is 11.1 Å². The molecule has 0 aliphatic carbocycles. The largest absolute Gasteiger partial charge is 0.736 e. The smallest absolute Gasteiger partial charge is 0.622 e. The van der Waals surface area contributed by atoms with Crippen LogP contribution in [0.2, 0.25) is 0 Å². The Labute approximate surface area is 160 Å². The fourth-order valence-corrected chi connectivity index (χ4v) is 4.68. The number of rotatable bonds is 1. The molecule has 28 heavy (non-hydrogen) atoms. The quantitative estimate of drug-likeness (QED) is 0.597. The Kier molecular flexibility index (Phi) is 3.20. The molecule has 0 atom stereocenters. The summed E-state index contributed by atoms with van der Waals surface area (Å²) in [6.45, 7) is 1.97. The molecule has 0 radical (unpaired) electrons. The van der Waals surface area contributed by atoms with Gasteiger partial charge in [-0.15, -0.1) is 0 Å². The molecule has 0 amide bonds. The van der Waals surface area contributed by atoms with Gasteiger partial charge in [-0.3, -0.25) is 4.49 Å². The van der Waals surface area contributed by atoms with Gasteiger partial charge < -0.3 is 22.6 Å². The highest BCUT2D eigenvalue weighted by Gasteiger charge is 2.48. The summed E-state index contributed by atoms with van der Waals surface area (Å²) in [6, 6.07) is 8.88. The molecular weight excluding hydrogens is 363 g/mol. The highest BCUT2D eigenvalue weighted by atomic mass is 19.3. The average Bonchev–Trinajstić information content (AvgIpc) is 3.12. The summed E-state index contributed by atoms with van der Waals surface area (Å²) in [5.74, 6) is 0.322. The van der Waals surface area contributed by atoms with Gasteiger partial charge in [0.15, 0.2) is 5.58 Å². The first kappa shape index (κ1) is 16.1. The summed E-state index contributed by atoms with van der Waals surface area (Å²) < 4.78 is 41.8. The highest BCUT2D eigenvalue weighted by Crippen LogP contribution is 2.44. The van der Waals surface area contributed by atoms with Gasteiger partial charge >= 0.3 is 13.1 Å². The zero-order chi connectivity index (χ0) is 18.9. The van der Waals surface area contributed by atoms with Crippen LogP contribution in [-0.2, 0) is 12.8 Å². The van der Waals surface area contributed by atoms with Gasteiger partial charge in [-0.2, -0.15) is 0 Å². The van der Waals surface area contributed by atoms with Gasteiger partial charge in [0, 0.05) is 29.9 Å². The fraction of sp³-hybridized carbons (Fsp3) is 0.300. The molecule has 5 nitrogen and oxygen atoms in total. The van der Waals surface area contributed by atoms with Gasteiger partial charge in [0.25, 0.3) is 0 Å². The second-order valence-corrected chi connectivity index (χ2v) is 7.65. The zero-order valence-corrected chi connectivity index (χ0v) is 15.2. The summed E-state index contributed by atoms with van der Waals surface area (Å²) in [4.78, 5) is 6.55. The number of aryl methyl sites for hydroxylation is 1. The molecule has 1 aromatic heterocycles. The van der Waals surface area contributed by atoms with Crippen LogP contribution in [0.5, 0.6) is 5.75 Å². The summed E-state index contributed by atoms with van der Waals surface area (Å²) in [7, 11) is -4.33. The van der Waals surface area contributed by atoms with Gasteiger partial charge in [0.2, 0.25) is 5.52 Å². The Morgan fingerprint density at radius 1 is 1.11 bits per heavy atom. The lowest BCUT2D eigenvalue weighted by atomic mass is 9.87. The number of para-hydroxylation sites is 2. The summed E-state index contributed by atoms with van der Waals surface area (Å²) in [5.41, 5.74) is 4.95. The topological polar surface area (TPSA) is 41.5 Å². The number of aromatic nitrogens is 1. The van der Waals surface area contributed by atoms with Crippen molar-refractivity contribution in [1.29, 1.82) is 0 Å². The van der Waals surface area contributed by atoms with Crippen LogP contribution in [0.4, 0.5) is 20.3 Å². The van der Waals surface area contributed by atoms with Crippen molar-refractivity contribution in [3.05, 3.63) is 47.0 Å². The van der Waals surface area contributed by atoms with E-state index in [1.165, 1.54) is 11.8 Å². The van der Waals surface area contributed by atoms with Crippen LogP contribution >= 0.6 is 0 Å². The van der Waals surface area contributed by atoms with Gasteiger partial charge in [-0.05, 0) is 54.4 Å². The normalized spacial score (nSPS) is 19.6. The van der Waals surface area contributed by atoms with Crippen molar-refractivity contribution in [2.24, 2.45) is 0 Å². The van der Waals surface area contributed by atoms with Gasteiger partial charge in [-0.1, -0.05) is 12.1 Å². The first-order chi connectivity index (χ1) is 13.6. The van der Waals surface area contributed by atoms with Crippen LogP contribution in [0.15, 0.2) is 34.7 Å². The van der Waals surface area contributed by atoms with E-state index in [2.05, 4.69) is 9.88 Å². The predicted molar refractivity (Wildman–Crippen MR) is 103 cm³/mol. The van der Waals surface area contributed by atoms with Crippen molar-refractivity contribution in [3.63, 3.8) is 0 Å². The third-order valence-electron chi connectivity index (χ3n) is 5.87. The molecular formula is C20H18BF2N3O2. The zero-order valence-electron chi connectivity index (χ0n) is 15.2. The van der Waals surface area contributed by atoms with Crippen molar-refractivity contribution in [2.75, 3.05) is 18.0 Å². The number of nitrogens with zero attached hydrogens (tertiary/aromatic N) is 3. The molecule has 6 rings (SSSR count). The summed E-state index contributed by atoms with van der Waals surface area (Å²) in [5, 5.41) is 0. The van der Waals surface area contributed by atoms with E-state index in [9.17, 15) is 0 Å². The number of oxazole rings is 1. The standard InChI is InChI=1S/C20H18BF2N3O2/c22-21(23)26(20-24-16-7-1-2-8-17(16)27-20)12-14-11-13-5-3-9-25-10-4-6-15(18(13)25)19(14)28-21/h1-2,7-8,11-12H,3-6,9-10H2. The van der Waals surface area contributed by atoms with Crippen LogP contribution < -0.4 is 9.55 Å². The predicted octanol–water partition coefficient (Wildman–Crippen LogP) is 4.06. The molecule has 3 aliphatic rings. The summed E-state index contributed by atoms with van der Waals surface area (Å²) in [6.07, 6.45) is 5.21. The maximum absolute atomic E-state index is 15.0. The van der Waals surface area contributed by atoms with Crippen LogP contribution in [0.1, 0.15) is 29.5 Å². The van der Waals surface area contributed by atoms with E-state index >= 15 is 8.63 Å². The monoisotopic (exact) mass is 381 g/mol. The lowest BCUT2D eigenvalue weighted by Gasteiger charge is -2.40. The number of hydrogen-bond donors (Lipinski definition) is 0. The highest BCUT2D eigenvalue weighted by molar-refractivity contribution is 6.53. The molecule has 0 fully saturated rings. The molecule has 2 aromatic carbocycles. The van der Waals surface area contributed by atoms with E-state index in [4.69, 9.17) is 9.07 Å². The molecule has 3 aromatic rings. The molecule has 0 bridgehead atoms. The molecule has 0 saturated carbocycles. The molecule has 8 heteroatoms. The van der Waals surface area contributed by atoms with Gasteiger partial charge in [0.1, 0.15) is 0 Å². The van der Waals surface area contributed by atoms with Crippen molar-refractivity contribution >= 4 is 36.1 Å².